The fourth-order valence-electron chi connectivity index (χ4n) is 3.40. The smallest absolute Gasteiger partial charge is 0.343 e. The predicted molar refractivity (Wildman–Crippen MR) is 153 cm³/mol. The maximum atomic E-state index is 12.4. The number of nitrogens with zero attached hydrogens (tertiary/aromatic N) is 4. The van der Waals surface area contributed by atoms with Gasteiger partial charge < -0.3 is 4.74 Å². The first-order chi connectivity index (χ1) is 19.1. The molecule has 192 valence electrons. The lowest BCUT2D eigenvalue weighted by Gasteiger charge is -2.05. The van der Waals surface area contributed by atoms with Gasteiger partial charge in [-0.15, -0.1) is 0 Å². The van der Waals surface area contributed by atoms with Gasteiger partial charge in [-0.05, 0) is 72.3 Å². The van der Waals surface area contributed by atoms with E-state index in [0.717, 1.165) is 21.4 Å². The second-order valence-electron chi connectivity index (χ2n) is 8.12. The van der Waals surface area contributed by atoms with E-state index in [4.69, 9.17) is 4.74 Å². The van der Waals surface area contributed by atoms with Gasteiger partial charge in [0.05, 0.1) is 23.2 Å². The standard InChI is InChI=1S/C29H22BrN7O2/c30-22-9-7-8-21(18-22)26(38)39-25-16-14-20(15-17-25)19-31-37-29-35-27(32-23-10-3-1-4-11-23)34-28(36-29)33-24-12-5-2-6-13-24/h1-19H,(H3,32,33,34,35,36,37)/b31-19-. The number of aromatic nitrogens is 3. The van der Waals surface area contributed by atoms with Gasteiger partial charge in [0.25, 0.3) is 0 Å². The minimum absolute atomic E-state index is 0.342. The number of halogens is 1. The molecule has 0 radical (unpaired) electrons. The van der Waals surface area contributed by atoms with E-state index in [1.54, 1.807) is 48.7 Å². The number of benzene rings is 4. The number of rotatable bonds is 7. The monoisotopic (exact) mass is 579 g/mol. The second kappa shape index (κ2) is 12.4. The molecule has 0 amide bonds. The number of aromatic amines is 2. The van der Waals surface area contributed by atoms with E-state index in [-0.39, 0.29) is 0 Å². The van der Waals surface area contributed by atoms with Crippen LogP contribution < -0.4 is 21.4 Å². The summed E-state index contributed by atoms with van der Waals surface area (Å²) in [5.41, 5.74) is 6.44. The lowest BCUT2D eigenvalue weighted by Crippen LogP contribution is -2.28. The summed E-state index contributed by atoms with van der Waals surface area (Å²) in [5, 5.41) is 4.28. The van der Waals surface area contributed by atoms with E-state index in [1.807, 2.05) is 66.7 Å². The molecular formula is C29H22BrN7O2. The van der Waals surface area contributed by atoms with Crippen LogP contribution >= 0.6 is 15.9 Å². The highest BCUT2D eigenvalue weighted by Crippen LogP contribution is 2.16. The number of hydrazone groups is 1. The molecule has 5 aromatic rings. The first-order valence-electron chi connectivity index (χ1n) is 11.9. The van der Waals surface area contributed by atoms with Crippen molar-refractivity contribution >= 4 is 45.4 Å². The summed E-state index contributed by atoms with van der Waals surface area (Å²) in [6.07, 6.45) is 1.62. The van der Waals surface area contributed by atoms with Crippen LogP contribution in [-0.4, -0.2) is 27.1 Å². The number of esters is 1. The molecule has 1 aromatic heterocycles. The van der Waals surface area contributed by atoms with E-state index in [0.29, 0.717) is 28.5 Å². The molecule has 0 saturated heterocycles. The minimum atomic E-state index is -0.435. The van der Waals surface area contributed by atoms with Gasteiger partial charge in [0.2, 0.25) is 17.2 Å². The Kier molecular flexibility index (Phi) is 8.15. The predicted octanol–water partition coefficient (Wildman–Crippen LogP) is 5.63. The van der Waals surface area contributed by atoms with E-state index >= 15 is 0 Å². The molecule has 0 aliphatic rings. The van der Waals surface area contributed by atoms with Crippen LogP contribution in [0.3, 0.4) is 0 Å². The average molecular weight is 580 g/mol. The molecule has 10 heteroatoms. The SMILES string of the molecule is O=C(Oc1ccc(/C=N\Nc2nc(=Nc3ccccc3)[nH]c(=Nc3ccccc3)[nH]2)cc1)c1cccc(Br)c1. The molecule has 0 fully saturated rings. The third-order valence-corrected chi connectivity index (χ3v) is 5.70. The van der Waals surface area contributed by atoms with E-state index < -0.39 is 5.97 Å². The van der Waals surface area contributed by atoms with Gasteiger partial charge in [0.1, 0.15) is 5.75 Å². The molecule has 0 atom stereocenters. The quantitative estimate of drug-likeness (QED) is 0.100. The number of H-pyrrole nitrogens is 2. The van der Waals surface area contributed by atoms with Crippen molar-refractivity contribution in [2.45, 2.75) is 0 Å². The number of anilines is 1. The zero-order chi connectivity index (χ0) is 26.9. The first-order valence-corrected chi connectivity index (χ1v) is 12.7. The Labute approximate surface area is 231 Å². The summed E-state index contributed by atoms with van der Waals surface area (Å²) >= 11 is 3.36. The summed E-state index contributed by atoms with van der Waals surface area (Å²) in [4.78, 5) is 32.1. The van der Waals surface area contributed by atoms with Crippen LogP contribution in [0.2, 0.25) is 0 Å². The van der Waals surface area contributed by atoms with E-state index in [2.05, 4.69) is 51.4 Å². The summed E-state index contributed by atoms with van der Waals surface area (Å²) in [7, 11) is 0. The minimum Gasteiger partial charge on any atom is -0.423 e. The van der Waals surface area contributed by atoms with Gasteiger partial charge >= 0.3 is 5.97 Å². The lowest BCUT2D eigenvalue weighted by atomic mass is 10.2. The zero-order valence-corrected chi connectivity index (χ0v) is 22.0. The third-order valence-electron chi connectivity index (χ3n) is 5.21. The van der Waals surface area contributed by atoms with Crippen LogP contribution in [0.15, 0.2) is 129 Å². The van der Waals surface area contributed by atoms with Crippen LogP contribution in [0, 0.1) is 0 Å². The first kappa shape index (κ1) is 25.6. The molecule has 0 bridgehead atoms. The van der Waals surface area contributed by atoms with Crippen LogP contribution in [0.5, 0.6) is 5.75 Å². The second-order valence-corrected chi connectivity index (χ2v) is 9.03. The lowest BCUT2D eigenvalue weighted by molar-refractivity contribution is 0.0734. The van der Waals surface area contributed by atoms with Crippen LogP contribution in [0.25, 0.3) is 0 Å². The van der Waals surface area contributed by atoms with Crippen molar-refractivity contribution < 1.29 is 9.53 Å². The Morgan fingerprint density at radius 2 is 1.51 bits per heavy atom. The number of ether oxygens (including phenoxy) is 1. The Hall–Kier alpha value is -5.09. The number of carbonyl (C=O) groups excluding carboxylic acids is 1. The number of para-hydroxylation sites is 2. The van der Waals surface area contributed by atoms with Gasteiger partial charge in [-0.2, -0.15) is 10.1 Å². The fourth-order valence-corrected chi connectivity index (χ4v) is 3.80. The van der Waals surface area contributed by atoms with E-state index in [9.17, 15) is 4.79 Å². The molecule has 4 aromatic carbocycles. The maximum absolute atomic E-state index is 12.4. The molecule has 0 unspecified atom stereocenters. The van der Waals surface area contributed by atoms with Crippen molar-refractivity contribution in [1.29, 1.82) is 0 Å². The van der Waals surface area contributed by atoms with Gasteiger partial charge in [-0.25, -0.2) is 20.2 Å². The number of nitrogens with one attached hydrogen (secondary N) is 3. The highest BCUT2D eigenvalue weighted by Gasteiger charge is 2.08. The third kappa shape index (κ3) is 7.46. The largest absolute Gasteiger partial charge is 0.423 e. The molecule has 0 aliphatic heterocycles. The Bertz CT molecular complexity index is 1660. The molecule has 0 saturated carbocycles. The fraction of sp³-hybridized carbons (Fsp3) is 0. The molecule has 1 heterocycles. The molecule has 0 aliphatic carbocycles. The summed E-state index contributed by atoms with van der Waals surface area (Å²) in [6.45, 7) is 0. The Morgan fingerprint density at radius 3 is 2.21 bits per heavy atom. The highest BCUT2D eigenvalue weighted by molar-refractivity contribution is 9.10. The average Bonchev–Trinajstić information content (AvgIpc) is 2.95. The molecule has 0 spiro atoms. The van der Waals surface area contributed by atoms with Crippen LogP contribution in [0.4, 0.5) is 17.3 Å². The molecule has 5 rings (SSSR count). The van der Waals surface area contributed by atoms with Crippen LogP contribution in [0.1, 0.15) is 15.9 Å². The van der Waals surface area contributed by atoms with Crippen molar-refractivity contribution in [3.63, 3.8) is 0 Å². The van der Waals surface area contributed by atoms with Gasteiger partial charge in [-0.3, -0.25) is 9.97 Å². The Balaban J connectivity index is 1.33. The van der Waals surface area contributed by atoms with Crippen molar-refractivity contribution in [3.05, 3.63) is 136 Å². The van der Waals surface area contributed by atoms with Crippen molar-refractivity contribution in [2.75, 3.05) is 5.43 Å². The summed E-state index contributed by atoms with van der Waals surface area (Å²) in [6, 6.07) is 33.0. The van der Waals surface area contributed by atoms with E-state index in [1.165, 1.54) is 0 Å². The molecule has 39 heavy (non-hydrogen) atoms. The van der Waals surface area contributed by atoms with Crippen LogP contribution in [-0.2, 0) is 0 Å². The zero-order valence-electron chi connectivity index (χ0n) is 20.5. The highest BCUT2D eigenvalue weighted by atomic mass is 79.9. The Morgan fingerprint density at radius 1 is 0.821 bits per heavy atom. The topological polar surface area (TPSA) is 120 Å². The summed E-state index contributed by atoms with van der Waals surface area (Å²) < 4.78 is 6.26. The normalized spacial score (nSPS) is 12.0. The van der Waals surface area contributed by atoms with Gasteiger partial charge in [-0.1, -0.05) is 58.4 Å². The molecule has 3 N–H and O–H groups in total. The summed E-state index contributed by atoms with van der Waals surface area (Å²) in [5.74, 6) is 0.335. The number of hydrogen-bond acceptors (Lipinski definition) is 7. The maximum Gasteiger partial charge on any atom is 0.343 e. The van der Waals surface area contributed by atoms with Crippen molar-refractivity contribution in [1.82, 2.24) is 15.0 Å². The number of hydrogen-bond donors (Lipinski definition) is 3. The molecular weight excluding hydrogens is 558 g/mol. The van der Waals surface area contributed by atoms with Crippen molar-refractivity contribution in [3.8, 4) is 5.75 Å². The molecule has 9 nitrogen and oxygen atoms in total. The van der Waals surface area contributed by atoms with Gasteiger partial charge in [0, 0.05) is 4.47 Å². The number of carbonyl (C=O) groups is 1. The van der Waals surface area contributed by atoms with Crippen molar-refractivity contribution in [2.24, 2.45) is 15.1 Å². The van der Waals surface area contributed by atoms with Gasteiger partial charge in [0.15, 0.2) is 0 Å².